The summed E-state index contributed by atoms with van der Waals surface area (Å²) < 4.78 is 0.881. The van der Waals surface area contributed by atoms with E-state index in [1.165, 1.54) is 0 Å². The van der Waals surface area contributed by atoms with E-state index < -0.39 is 5.91 Å². The molecule has 1 rings (SSSR count). The molecule has 0 aliphatic heterocycles. The van der Waals surface area contributed by atoms with E-state index >= 15 is 0 Å². The van der Waals surface area contributed by atoms with Crippen molar-refractivity contribution in [1.82, 2.24) is 0 Å². The number of primary amides is 1. The zero-order valence-electron chi connectivity index (χ0n) is 8.74. The van der Waals surface area contributed by atoms with E-state index in [9.17, 15) is 4.79 Å². The van der Waals surface area contributed by atoms with Crippen LogP contribution in [0.15, 0.2) is 22.7 Å². The summed E-state index contributed by atoms with van der Waals surface area (Å²) in [6.07, 6.45) is 0. The number of likely N-dealkylation sites (N-methyl/N-ethyl adjacent to an activating group) is 1. The molecular formula is C10H12BrN3OS. The van der Waals surface area contributed by atoms with Gasteiger partial charge in [0.1, 0.15) is 4.99 Å². The highest BCUT2D eigenvalue weighted by molar-refractivity contribution is 9.10. The zero-order valence-corrected chi connectivity index (χ0v) is 11.1. The number of carbonyl (C=O) groups is 1. The molecule has 4 N–H and O–H groups in total. The van der Waals surface area contributed by atoms with Gasteiger partial charge in [-0.2, -0.15) is 0 Å². The number of thiocarbonyl (C=S) groups is 1. The average molecular weight is 302 g/mol. The van der Waals surface area contributed by atoms with E-state index in [0.717, 1.165) is 10.2 Å². The molecule has 16 heavy (non-hydrogen) atoms. The van der Waals surface area contributed by atoms with Crippen LogP contribution in [0.5, 0.6) is 0 Å². The van der Waals surface area contributed by atoms with Crippen molar-refractivity contribution < 1.29 is 4.79 Å². The van der Waals surface area contributed by atoms with E-state index in [1.807, 2.05) is 18.2 Å². The molecule has 0 fully saturated rings. The zero-order chi connectivity index (χ0) is 12.3. The van der Waals surface area contributed by atoms with Gasteiger partial charge in [-0.05, 0) is 18.2 Å². The maximum atomic E-state index is 10.8. The minimum absolute atomic E-state index is 0.122. The minimum atomic E-state index is -0.403. The highest BCUT2D eigenvalue weighted by Crippen LogP contribution is 2.23. The monoisotopic (exact) mass is 301 g/mol. The van der Waals surface area contributed by atoms with E-state index in [0.29, 0.717) is 5.56 Å². The van der Waals surface area contributed by atoms with Gasteiger partial charge in [-0.25, -0.2) is 0 Å². The predicted molar refractivity (Wildman–Crippen MR) is 72.5 cm³/mol. The van der Waals surface area contributed by atoms with Crippen molar-refractivity contribution in [3.63, 3.8) is 0 Å². The van der Waals surface area contributed by atoms with Crippen molar-refractivity contribution in [2.24, 2.45) is 11.5 Å². The molecule has 0 saturated heterocycles. The molecule has 1 aromatic carbocycles. The van der Waals surface area contributed by atoms with Gasteiger partial charge >= 0.3 is 0 Å². The smallest absolute Gasteiger partial charge is 0.236 e. The third kappa shape index (κ3) is 3.18. The van der Waals surface area contributed by atoms with Gasteiger partial charge in [-0.3, -0.25) is 4.79 Å². The summed E-state index contributed by atoms with van der Waals surface area (Å²) in [5, 5.41) is 0. The third-order valence-corrected chi connectivity index (χ3v) is 2.74. The molecule has 0 saturated carbocycles. The highest BCUT2D eigenvalue weighted by atomic mass is 79.9. The van der Waals surface area contributed by atoms with Crippen molar-refractivity contribution in [2.75, 3.05) is 18.5 Å². The molecule has 0 heterocycles. The molecule has 0 bridgehead atoms. The predicted octanol–water partition coefficient (Wildman–Crippen LogP) is 1.00. The lowest BCUT2D eigenvalue weighted by Crippen LogP contribution is -2.31. The fraction of sp³-hybridized carbons (Fsp3) is 0.200. The topological polar surface area (TPSA) is 72.3 Å². The third-order valence-electron chi connectivity index (χ3n) is 2.03. The largest absolute Gasteiger partial charge is 0.389 e. The van der Waals surface area contributed by atoms with Gasteiger partial charge < -0.3 is 16.4 Å². The lowest BCUT2D eigenvalue weighted by molar-refractivity contribution is -0.116. The number of halogens is 1. The van der Waals surface area contributed by atoms with E-state index in [4.69, 9.17) is 23.7 Å². The summed E-state index contributed by atoms with van der Waals surface area (Å²) in [5.41, 5.74) is 12.3. The average Bonchev–Trinajstić information content (AvgIpc) is 2.16. The molecule has 1 aromatic rings. The number of hydrogen-bond donors (Lipinski definition) is 2. The second-order valence-electron chi connectivity index (χ2n) is 3.35. The number of nitrogens with two attached hydrogens (primary N) is 2. The van der Waals surface area contributed by atoms with Crippen molar-refractivity contribution in [3.8, 4) is 0 Å². The lowest BCUT2D eigenvalue weighted by Gasteiger charge is -2.20. The Morgan fingerprint density at radius 2 is 2.12 bits per heavy atom. The van der Waals surface area contributed by atoms with Crippen LogP contribution in [0.25, 0.3) is 0 Å². The van der Waals surface area contributed by atoms with Gasteiger partial charge in [-0.1, -0.05) is 28.1 Å². The number of nitrogens with zero attached hydrogens (tertiary/aromatic N) is 1. The Kier molecular flexibility index (Phi) is 4.26. The normalized spacial score (nSPS) is 9.88. The van der Waals surface area contributed by atoms with Crippen LogP contribution in [0.4, 0.5) is 5.69 Å². The van der Waals surface area contributed by atoms with Gasteiger partial charge in [0.2, 0.25) is 5.91 Å². The summed E-state index contributed by atoms with van der Waals surface area (Å²) in [6, 6.07) is 5.51. The maximum Gasteiger partial charge on any atom is 0.236 e. The maximum absolute atomic E-state index is 10.8. The molecule has 0 aromatic heterocycles. The SMILES string of the molecule is CN(CC(N)=O)c1ccc(Br)cc1C(N)=S. The van der Waals surface area contributed by atoms with Crippen LogP contribution in [-0.4, -0.2) is 24.5 Å². The number of anilines is 1. The fourth-order valence-electron chi connectivity index (χ4n) is 1.36. The van der Waals surface area contributed by atoms with Gasteiger partial charge in [0.15, 0.2) is 0 Å². The lowest BCUT2D eigenvalue weighted by atomic mass is 10.1. The Hall–Kier alpha value is -1.14. The van der Waals surface area contributed by atoms with Crippen LogP contribution < -0.4 is 16.4 Å². The van der Waals surface area contributed by atoms with Gasteiger partial charge in [-0.15, -0.1) is 0 Å². The molecule has 0 radical (unpaired) electrons. The highest BCUT2D eigenvalue weighted by Gasteiger charge is 2.11. The van der Waals surface area contributed by atoms with E-state index in [2.05, 4.69) is 15.9 Å². The van der Waals surface area contributed by atoms with E-state index in [1.54, 1.807) is 11.9 Å². The Labute approximate surface area is 108 Å². The van der Waals surface area contributed by atoms with Crippen LogP contribution in [0, 0.1) is 0 Å². The first-order chi connectivity index (χ1) is 7.41. The summed E-state index contributed by atoms with van der Waals surface area (Å²) >= 11 is 8.30. The number of carbonyl (C=O) groups excluding carboxylic acids is 1. The van der Waals surface area contributed by atoms with Crippen LogP contribution in [0.2, 0.25) is 0 Å². The summed E-state index contributed by atoms with van der Waals surface area (Å²) in [4.78, 5) is 12.8. The van der Waals surface area contributed by atoms with E-state index in [-0.39, 0.29) is 11.5 Å². The Morgan fingerprint density at radius 1 is 1.50 bits per heavy atom. The Morgan fingerprint density at radius 3 is 2.62 bits per heavy atom. The molecule has 0 aliphatic carbocycles. The fourth-order valence-corrected chi connectivity index (χ4v) is 1.88. The van der Waals surface area contributed by atoms with Crippen LogP contribution in [0.3, 0.4) is 0 Å². The molecule has 0 unspecified atom stereocenters. The molecule has 4 nitrogen and oxygen atoms in total. The summed E-state index contributed by atoms with van der Waals surface area (Å²) in [5.74, 6) is -0.403. The first-order valence-electron chi connectivity index (χ1n) is 4.50. The summed E-state index contributed by atoms with van der Waals surface area (Å²) in [7, 11) is 1.76. The quantitative estimate of drug-likeness (QED) is 0.814. The van der Waals surface area contributed by atoms with Crippen molar-refractivity contribution in [1.29, 1.82) is 0 Å². The van der Waals surface area contributed by atoms with Gasteiger partial charge in [0, 0.05) is 22.8 Å². The van der Waals surface area contributed by atoms with Crippen LogP contribution in [0.1, 0.15) is 5.56 Å². The van der Waals surface area contributed by atoms with Crippen LogP contribution in [-0.2, 0) is 4.79 Å². The summed E-state index contributed by atoms with van der Waals surface area (Å²) in [6.45, 7) is 0.122. The van der Waals surface area contributed by atoms with Gasteiger partial charge in [0.05, 0.1) is 6.54 Å². The van der Waals surface area contributed by atoms with Crippen molar-refractivity contribution >= 4 is 44.7 Å². The molecule has 0 spiro atoms. The van der Waals surface area contributed by atoms with Crippen molar-refractivity contribution in [3.05, 3.63) is 28.2 Å². The molecule has 0 atom stereocenters. The molecule has 1 amide bonds. The molecule has 6 heteroatoms. The number of rotatable bonds is 4. The molecular weight excluding hydrogens is 290 g/mol. The molecule has 0 aliphatic rings. The number of amides is 1. The number of benzene rings is 1. The van der Waals surface area contributed by atoms with Crippen molar-refractivity contribution in [2.45, 2.75) is 0 Å². The Bertz CT molecular complexity index is 436. The first kappa shape index (κ1) is 12.9. The molecule has 86 valence electrons. The first-order valence-corrected chi connectivity index (χ1v) is 5.70. The Balaban J connectivity index is 3.12. The second kappa shape index (κ2) is 5.27. The standard InChI is InChI=1S/C10H12BrN3OS/c1-14(5-9(12)15)8-3-2-6(11)4-7(8)10(13)16/h2-4H,5H2,1H3,(H2,12,15)(H2,13,16). The van der Waals surface area contributed by atoms with Gasteiger partial charge in [0.25, 0.3) is 0 Å². The van der Waals surface area contributed by atoms with Crippen LogP contribution >= 0.6 is 28.1 Å². The minimum Gasteiger partial charge on any atom is -0.389 e. The second-order valence-corrected chi connectivity index (χ2v) is 4.70. The number of hydrogen-bond acceptors (Lipinski definition) is 3.